The highest BCUT2D eigenvalue weighted by Gasteiger charge is 1.93. The Morgan fingerprint density at radius 3 is 3.22 bits per heavy atom. The second-order valence-corrected chi connectivity index (χ2v) is 2.45. The summed E-state index contributed by atoms with van der Waals surface area (Å²) in [6.45, 7) is -2.12. The molecule has 1 aromatic rings. The largest absolute Gasteiger partial charge is 0.383 e. The van der Waals surface area contributed by atoms with E-state index in [4.69, 9.17) is 9.85 Å². The first kappa shape index (κ1) is 3.56. The number of hydrogen-bond acceptors (Lipinski definition) is 2. The van der Waals surface area contributed by atoms with Gasteiger partial charge in [0.1, 0.15) is 5.82 Å². The predicted molar refractivity (Wildman–Crippen MR) is 41.1 cm³/mol. The number of pyridine rings is 1. The van der Waals surface area contributed by atoms with Gasteiger partial charge in [-0.2, -0.15) is 0 Å². The highest BCUT2D eigenvalue weighted by molar-refractivity contribution is 9.10. The molecule has 0 atom stereocenters. The maximum atomic E-state index is 7.07. The molecule has 0 amide bonds. The van der Waals surface area contributed by atoms with Gasteiger partial charge >= 0.3 is 0 Å². The zero-order valence-electron chi connectivity index (χ0n) is 7.56. The minimum atomic E-state index is -2.12. The Bertz CT molecular complexity index is 297. The van der Waals surface area contributed by atoms with Gasteiger partial charge in [0.05, 0.1) is 4.47 Å². The predicted octanol–water partition coefficient (Wildman–Crippen LogP) is 1.73. The van der Waals surface area contributed by atoms with Crippen LogP contribution >= 0.6 is 15.9 Å². The molecule has 0 radical (unpaired) electrons. The van der Waals surface area contributed by atoms with Crippen molar-refractivity contribution in [1.29, 1.82) is 0 Å². The first-order chi connectivity index (χ1) is 5.41. The number of aromatic nitrogens is 1. The standard InChI is InChI=1S/C6H7BrN2/c1-4-2-5(7)6(8)9-3-4/h2-3H,1H3,(H2,8,9)/i1D3. The topological polar surface area (TPSA) is 38.9 Å². The first-order valence-corrected chi connectivity index (χ1v) is 3.12. The van der Waals surface area contributed by atoms with Crippen molar-refractivity contribution in [1.82, 2.24) is 4.98 Å². The summed E-state index contributed by atoms with van der Waals surface area (Å²) in [5, 5.41) is 0. The van der Waals surface area contributed by atoms with Gasteiger partial charge in [0.2, 0.25) is 0 Å². The highest BCUT2D eigenvalue weighted by Crippen LogP contribution is 2.16. The summed E-state index contributed by atoms with van der Waals surface area (Å²) in [6.07, 6.45) is 1.26. The van der Waals surface area contributed by atoms with Crippen LogP contribution in [0.1, 0.15) is 9.68 Å². The third kappa shape index (κ3) is 1.42. The Hall–Kier alpha value is -0.570. The van der Waals surface area contributed by atoms with Crippen molar-refractivity contribution in [2.45, 2.75) is 6.85 Å². The summed E-state index contributed by atoms with van der Waals surface area (Å²) in [6, 6.07) is 1.45. The van der Waals surface area contributed by atoms with E-state index in [9.17, 15) is 0 Å². The Morgan fingerprint density at radius 2 is 2.67 bits per heavy atom. The van der Waals surface area contributed by atoms with Gasteiger partial charge in [-0.15, -0.1) is 0 Å². The molecular weight excluding hydrogens is 180 g/mol. The van der Waals surface area contributed by atoms with E-state index in [2.05, 4.69) is 20.9 Å². The Kier molecular flexibility index (Phi) is 0.931. The van der Waals surface area contributed by atoms with Gasteiger partial charge in [-0.05, 0) is 34.4 Å². The molecule has 0 unspecified atom stereocenters. The van der Waals surface area contributed by atoms with Crippen molar-refractivity contribution in [3.63, 3.8) is 0 Å². The van der Waals surface area contributed by atoms with Gasteiger partial charge < -0.3 is 5.73 Å². The second-order valence-electron chi connectivity index (χ2n) is 1.59. The van der Waals surface area contributed by atoms with Crippen LogP contribution in [0.2, 0.25) is 0 Å². The van der Waals surface area contributed by atoms with E-state index in [0.717, 1.165) is 0 Å². The number of nitrogens with zero attached hydrogens (tertiary/aromatic N) is 1. The number of aryl methyl sites for hydroxylation is 1. The van der Waals surface area contributed by atoms with Gasteiger partial charge in [0.15, 0.2) is 0 Å². The summed E-state index contributed by atoms with van der Waals surface area (Å²) in [5.41, 5.74) is 5.57. The molecule has 0 aliphatic rings. The monoisotopic (exact) mass is 189 g/mol. The number of nitrogens with two attached hydrogens (primary N) is 1. The Morgan fingerprint density at radius 1 is 1.89 bits per heavy atom. The fourth-order valence-corrected chi connectivity index (χ4v) is 0.797. The van der Waals surface area contributed by atoms with Gasteiger partial charge in [0.25, 0.3) is 0 Å². The van der Waals surface area contributed by atoms with Crippen LogP contribution in [0.15, 0.2) is 16.7 Å². The van der Waals surface area contributed by atoms with Crippen LogP contribution in [0.3, 0.4) is 0 Å². The highest BCUT2D eigenvalue weighted by atomic mass is 79.9. The summed E-state index contributed by atoms with van der Waals surface area (Å²) in [7, 11) is 0. The van der Waals surface area contributed by atoms with Crippen molar-refractivity contribution in [3.8, 4) is 0 Å². The summed E-state index contributed by atoms with van der Waals surface area (Å²) in [5.74, 6) is 0.294. The average Bonchev–Trinajstić information content (AvgIpc) is 1.92. The molecule has 0 saturated carbocycles. The average molecular weight is 190 g/mol. The molecule has 2 N–H and O–H groups in total. The van der Waals surface area contributed by atoms with Gasteiger partial charge in [-0.25, -0.2) is 4.98 Å². The van der Waals surface area contributed by atoms with Gasteiger partial charge in [-0.1, -0.05) is 0 Å². The molecule has 0 aliphatic carbocycles. The molecule has 1 rings (SSSR count). The van der Waals surface area contributed by atoms with Crippen LogP contribution in [-0.4, -0.2) is 4.98 Å². The SMILES string of the molecule is [2H]C([2H])([2H])c1cnc(N)c(Br)c1. The summed E-state index contributed by atoms with van der Waals surface area (Å²) in [4.78, 5) is 3.72. The fraction of sp³-hybridized carbons (Fsp3) is 0.167. The van der Waals surface area contributed by atoms with Crippen molar-refractivity contribution in [3.05, 3.63) is 22.3 Å². The van der Waals surface area contributed by atoms with E-state index >= 15 is 0 Å². The molecule has 1 heterocycles. The lowest BCUT2D eigenvalue weighted by molar-refractivity contribution is 1.26. The second kappa shape index (κ2) is 2.35. The number of hydrogen-bond donors (Lipinski definition) is 1. The maximum Gasteiger partial charge on any atom is 0.137 e. The molecule has 9 heavy (non-hydrogen) atoms. The van der Waals surface area contributed by atoms with E-state index in [1.807, 2.05) is 0 Å². The molecule has 0 spiro atoms. The molecule has 3 heteroatoms. The molecule has 2 nitrogen and oxygen atoms in total. The van der Waals surface area contributed by atoms with E-state index in [1.165, 1.54) is 12.3 Å². The van der Waals surface area contributed by atoms with E-state index in [-0.39, 0.29) is 5.56 Å². The van der Waals surface area contributed by atoms with Crippen LogP contribution in [0.25, 0.3) is 0 Å². The van der Waals surface area contributed by atoms with Crippen LogP contribution in [0, 0.1) is 6.85 Å². The smallest absolute Gasteiger partial charge is 0.137 e. The molecule has 1 aromatic heterocycles. The quantitative estimate of drug-likeness (QED) is 0.676. The first-order valence-electron chi connectivity index (χ1n) is 3.83. The lowest BCUT2D eigenvalue weighted by Crippen LogP contribution is -1.90. The zero-order valence-corrected chi connectivity index (χ0v) is 6.14. The third-order valence-corrected chi connectivity index (χ3v) is 1.50. The van der Waals surface area contributed by atoms with Crippen molar-refractivity contribution in [2.24, 2.45) is 0 Å². The van der Waals surface area contributed by atoms with Crippen LogP contribution < -0.4 is 5.73 Å². The lowest BCUT2D eigenvalue weighted by atomic mass is 10.3. The van der Waals surface area contributed by atoms with Gasteiger partial charge in [-0.3, -0.25) is 0 Å². The van der Waals surface area contributed by atoms with Crippen molar-refractivity contribution in [2.75, 3.05) is 5.73 Å². The number of nitrogen functional groups attached to an aromatic ring is 1. The lowest BCUT2D eigenvalue weighted by Gasteiger charge is -1.95. The molecule has 0 aromatic carbocycles. The normalized spacial score (nSPS) is 15.9. The molecule has 48 valence electrons. The van der Waals surface area contributed by atoms with Crippen LogP contribution in [0.4, 0.5) is 5.82 Å². The molecule has 0 bridgehead atoms. The minimum absolute atomic E-state index is 0.184. The van der Waals surface area contributed by atoms with Crippen molar-refractivity contribution >= 4 is 21.7 Å². The summed E-state index contributed by atoms with van der Waals surface area (Å²) < 4.78 is 21.7. The molecule has 0 saturated heterocycles. The fourth-order valence-electron chi connectivity index (χ4n) is 0.448. The summed E-state index contributed by atoms with van der Waals surface area (Å²) >= 11 is 3.10. The Balaban J connectivity index is 3.14. The van der Waals surface area contributed by atoms with Gasteiger partial charge in [0, 0.05) is 10.3 Å². The van der Waals surface area contributed by atoms with Crippen LogP contribution in [-0.2, 0) is 0 Å². The van der Waals surface area contributed by atoms with E-state index < -0.39 is 6.85 Å². The number of halogens is 1. The van der Waals surface area contributed by atoms with E-state index in [1.54, 1.807) is 0 Å². The van der Waals surface area contributed by atoms with Crippen molar-refractivity contribution < 1.29 is 4.11 Å². The number of rotatable bonds is 0. The molecular formula is C6H7BrN2. The third-order valence-electron chi connectivity index (χ3n) is 0.870. The van der Waals surface area contributed by atoms with E-state index in [0.29, 0.717) is 10.3 Å². The molecule has 0 aliphatic heterocycles. The zero-order chi connectivity index (χ0) is 9.35. The Labute approximate surface area is 66.4 Å². The molecule has 0 fully saturated rings. The minimum Gasteiger partial charge on any atom is -0.383 e. The number of anilines is 1. The maximum absolute atomic E-state index is 7.07. The van der Waals surface area contributed by atoms with Crippen LogP contribution in [0.5, 0.6) is 0 Å².